The number of likely N-dealkylation sites (tertiary alicyclic amines) is 1. The van der Waals surface area contributed by atoms with Gasteiger partial charge < -0.3 is 24.8 Å². The molecule has 1 saturated heterocycles. The Hall–Kier alpha value is -4.28. The molecule has 1 fully saturated rings. The Kier molecular flexibility index (Phi) is 10.0. The molecule has 8 nitrogen and oxygen atoms in total. The first-order valence-electron chi connectivity index (χ1n) is 14.4. The van der Waals surface area contributed by atoms with Gasteiger partial charge in [-0.05, 0) is 98.5 Å². The van der Waals surface area contributed by atoms with Crippen LogP contribution in [-0.4, -0.2) is 54.6 Å². The Morgan fingerprint density at radius 2 is 1.86 bits per heavy atom. The Morgan fingerprint density at radius 1 is 1.07 bits per heavy atom. The van der Waals surface area contributed by atoms with E-state index in [1.807, 2.05) is 42.5 Å². The first-order chi connectivity index (χ1) is 20.9. The highest BCUT2D eigenvalue weighted by Crippen LogP contribution is 2.37. The molecule has 2 N–H and O–H groups in total. The van der Waals surface area contributed by atoms with Crippen LogP contribution >= 0.6 is 12.2 Å². The second-order valence-corrected chi connectivity index (χ2v) is 11.0. The molecule has 0 unspecified atom stereocenters. The summed E-state index contributed by atoms with van der Waals surface area (Å²) in [6, 6.07) is 19.2. The van der Waals surface area contributed by atoms with E-state index >= 15 is 4.39 Å². The van der Waals surface area contributed by atoms with Crippen molar-refractivity contribution in [3.05, 3.63) is 84.3 Å². The van der Waals surface area contributed by atoms with Gasteiger partial charge in [0.2, 0.25) is 0 Å². The molecule has 0 atom stereocenters. The predicted molar refractivity (Wildman–Crippen MR) is 173 cm³/mol. The summed E-state index contributed by atoms with van der Waals surface area (Å²) in [6.45, 7) is 6.21. The number of benzene rings is 3. The third-order valence-electron chi connectivity index (χ3n) is 7.45. The zero-order valence-corrected chi connectivity index (χ0v) is 25.2. The van der Waals surface area contributed by atoms with E-state index in [0.29, 0.717) is 46.0 Å². The van der Waals surface area contributed by atoms with Crippen molar-refractivity contribution in [2.24, 2.45) is 16.8 Å². The minimum Gasteiger partial charge on any atom is -0.493 e. The molecule has 1 aromatic heterocycles. The van der Waals surface area contributed by atoms with Crippen LogP contribution in [0.1, 0.15) is 31.7 Å². The normalized spacial score (nSPS) is 14.2. The van der Waals surface area contributed by atoms with Crippen molar-refractivity contribution in [2.75, 3.05) is 38.4 Å². The topological polar surface area (TPSA) is 85.4 Å². The van der Waals surface area contributed by atoms with E-state index in [-0.39, 0.29) is 10.9 Å². The molecule has 0 bridgehead atoms. The molecule has 0 amide bonds. The molecule has 4 aromatic rings. The van der Waals surface area contributed by atoms with Crippen LogP contribution in [0.15, 0.2) is 78.0 Å². The molecule has 1 aliphatic heterocycles. The monoisotopic (exact) mass is 601 g/mol. The average Bonchev–Trinajstić information content (AvgIpc) is 3.01. The molecule has 5 rings (SSSR count). The van der Waals surface area contributed by atoms with E-state index in [4.69, 9.17) is 32.2 Å². The number of hydrogen-bond donors (Lipinski definition) is 1. The SMILES string of the molecule is COc1cc2c(Oc3ccc(/C=N/N(C(N)=S)c4ccccc4)cc3F)ccnc2cc1OCCCN1CCC(C)CC1. The molecule has 1 aliphatic rings. The minimum atomic E-state index is -0.550. The van der Waals surface area contributed by atoms with Gasteiger partial charge in [0.15, 0.2) is 28.2 Å². The Morgan fingerprint density at radius 3 is 2.58 bits per heavy atom. The minimum absolute atomic E-state index is 0.0605. The second-order valence-electron chi connectivity index (χ2n) is 10.6. The van der Waals surface area contributed by atoms with Gasteiger partial charge in [-0.15, -0.1) is 0 Å². The first-order valence-corrected chi connectivity index (χ1v) is 14.8. The fourth-order valence-electron chi connectivity index (χ4n) is 4.99. The number of thiocarbonyl (C=S) groups is 1. The number of halogens is 1. The lowest BCUT2D eigenvalue weighted by atomic mass is 9.99. The average molecular weight is 602 g/mol. The van der Waals surface area contributed by atoms with Gasteiger partial charge in [0.25, 0.3) is 0 Å². The van der Waals surface area contributed by atoms with Crippen LogP contribution in [0.3, 0.4) is 0 Å². The molecular formula is C33H36FN5O3S. The number of aromatic nitrogens is 1. The molecule has 43 heavy (non-hydrogen) atoms. The number of pyridine rings is 1. The van der Waals surface area contributed by atoms with Crippen LogP contribution < -0.4 is 25.0 Å². The lowest BCUT2D eigenvalue weighted by molar-refractivity contribution is 0.176. The maximum absolute atomic E-state index is 15.2. The van der Waals surface area contributed by atoms with Gasteiger partial charge in [-0.2, -0.15) is 5.10 Å². The van der Waals surface area contributed by atoms with Crippen LogP contribution in [0, 0.1) is 11.7 Å². The molecule has 0 aliphatic carbocycles. The summed E-state index contributed by atoms with van der Waals surface area (Å²) in [5, 5.41) is 6.49. The summed E-state index contributed by atoms with van der Waals surface area (Å²) < 4.78 is 32.9. The van der Waals surface area contributed by atoms with Crippen LogP contribution in [0.4, 0.5) is 10.1 Å². The summed E-state index contributed by atoms with van der Waals surface area (Å²) in [5.41, 5.74) is 7.71. The number of methoxy groups -OCH3 is 1. The van der Waals surface area contributed by atoms with Gasteiger partial charge in [-0.1, -0.05) is 25.1 Å². The molecule has 0 spiro atoms. The van der Waals surface area contributed by atoms with Crippen molar-refractivity contribution in [3.8, 4) is 23.0 Å². The van der Waals surface area contributed by atoms with E-state index in [9.17, 15) is 0 Å². The molecule has 224 valence electrons. The Balaban J connectivity index is 1.27. The van der Waals surface area contributed by atoms with Gasteiger partial charge in [0.1, 0.15) is 5.75 Å². The van der Waals surface area contributed by atoms with Crippen LogP contribution in [0.2, 0.25) is 0 Å². The van der Waals surface area contributed by atoms with Gasteiger partial charge >= 0.3 is 0 Å². The number of fused-ring (bicyclic) bond motifs is 1. The summed E-state index contributed by atoms with van der Waals surface area (Å²) in [5.74, 6) is 1.95. The second kappa shape index (κ2) is 14.3. The van der Waals surface area contributed by atoms with E-state index < -0.39 is 5.82 Å². The first kappa shape index (κ1) is 30.2. The summed E-state index contributed by atoms with van der Waals surface area (Å²) >= 11 is 5.12. The van der Waals surface area contributed by atoms with Gasteiger partial charge in [-0.25, -0.2) is 9.40 Å². The summed E-state index contributed by atoms with van der Waals surface area (Å²) in [4.78, 5) is 6.98. The van der Waals surface area contributed by atoms with Crippen molar-refractivity contribution < 1.29 is 18.6 Å². The van der Waals surface area contributed by atoms with E-state index in [1.54, 1.807) is 31.5 Å². The van der Waals surface area contributed by atoms with Gasteiger partial charge in [-0.3, -0.25) is 4.98 Å². The lowest BCUT2D eigenvalue weighted by Gasteiger charge is -2.30. The number of nitrogens with two attached hydrogens (primary N) is 1. The van der Waals surface area contributed by atoms with E-state index in [2.05, 4.69) is 21.9 Å². The summed E-state index contributed by atoms with van der Waals surface area (Å²) in [7, 11) is 1.59. The van der Waals surface area contributed by atoms with Gasteiger partial charge in [0, 0.05) is 24.2 Å². The lowest BCUT2D eigenvalue weighted by Crippen LogP contribution is -2.34. The molecule has 0 radical (unpaired) electrons. The highest BCUT2D eigenvalue weighted by molar-refractivity contribution is 7.80. The molecule has 10 heteroatoms. The molecule has 0 saturated carbocycles. The molecule has 2 heterocycles. The highest BCUT2D eigenvalue weighted by Gasteiger charge is 2.16. The zero-order chi connectivity index (χ0) is 30.2. The zero-order valence-electron chi connectivity index (χ0n) is 24.4. The molecular weight excluding hydrogens is 565 g/mol. The summed E-state index contributed by atoms with van der Waals surface area (Å²) in [6.07, 6.45) is 6.55. The standard InChI is InChI=1S/C33H36FN5O3S/c1-23-12-16-38(17-13-23)15-6-18-41-32-21-28-26(20-31(32)40-2)29(11-14-36-28)42-30-10-9-24(19-27(30)34)22-37-39(33(35)43)25-7-4-3-5-8-25/h3-5,7-11,14,19-23H,6,12-13,15-18H2,1-2H3,(H2,35,43)/b37-22+. The fourth-order valence-corrected chi connectivity index (χ4v) is 5.14. The Labute approximate surface area is 256 Å². The Bertz CT molecular complexity index is 1580. The molecule has 3 aromatic carbocycles. The smallest absolute Gasteiger partial charge is 0.191 e. The number of hydrazone groups is 1. The van der Waals surface area contributed by atoms with E-state index in [1.165, 1.54) is 30.1 Å². The van der Waals surface area contributed by atoms with Crippen LogP contribution in [0.5, 0.6) is 23.0 Å². The van der Waals surface area contributed by atoms with Crippen molar-refractivity contribution in [3.63, 3.8) is 0 Å². The predicted octanol–water partition coefficient (Wildman–Crippen LogP) is 6.76. The number of anilines is 1. The number of hydrogen-bond acceptors (Lipinski definition) is 7. The van der Waals surface area contributed by atoms with Crippen molar-refractivity contribution >= 4 is 40.1 Å². The van der Waals surface area contributed by atoms with E-state index in [0.717, 1.165) is 32.0 Å². The highest BCUT2D eigenvalue weighted by atomic mass is 32.1. The third-order valence-corrected chi connectivity index (χ3v) is 7.62. The van der Waals surface area contributed by atoms with Crippen LogP contribution in [0.25, 0.3) is 10.9 Å². The van der Waals surface area contributed by atoms with Crippen molar-refractivity contribution in [1.82, 2.24) is 9.88 Å². The third kappa shape index (κ3) is 7.77. The van der Waals surface area contributed by atoms with Crippen molar-refractivity contribution in [1.29, 1.82) is 0 Å². The maximum Gasteiger partial charge on any atom is 0.191 e. The number of nitrogens with zero attached hydrogens (tertiary/aromatic N) is 4. The fraction of sp³-hybridized carbons (Fsp3) is 0.303. The van der Waals surface area contributed by atoms with Crippen molar-refractivity contribution in [2.45, 2.75) is 26.2 Å². The van der Waals surface area contributed by atoms with Gasteiger partial charge in [0.05, 0.1) is 31.1 Å². The van der Waals surface area contributed by atoms with Crippen LogP contribution in [-0.2, 0) is 0 Å². The quantitative estimate of drug-likeness (QED) is 0.0874. The number of para-hydroxylation sites is 1. The number of ether oxygens (including phenoxy) is 3. The number of piperidine rings is 1. The largest absolute Gasteiger partial charge is 0.493 e. The maximum atomic E-state index is 15.2. The number of rotatable bonds is 11.